The van der Waals surface area contributed by atoms with Crippen molar-refractivity contribution >= 4 is 33.3 Å². The Bertz CT molecular complexity index is 1090. The molecule has 4 rings (SSSR count). The fourth-order valence-corrected chi connectivity index (χ4v) is 5.97. The van der Waals surface area contributed by atoms with Gasteiger partial charge in [0.2, 0.25) is 21.8 Å². The van der Waals surface area contributed by atoms with E-state index in [9.17, 15) is 18.0 Å². The number of nitrogens with zero attached hydrogens (tertiary/aromatic N) is 3. The molecule has 2 aliphatic rings. The Hall–Kier alpha value is -2.98. The quantitative estimate of drug-likeness (QED) is 0.662. The summed E-state index contributed by atoms with van der Waals surface area (Å²) in [6.45, 7) is 1.90. The number of amides is 2. The number of benzene rings is 1. The molecule has 2 fully saturated rings. The van der Waals surface area contributed by atoms with Gasteiger partial charge in [0.15, 0.2) is 0 Å². The first-order chi connectivity index (χ1) is 15.8. The van der Waals surface area contributed by atoms with Gasteiger partial charge in [0.1, 0.15) is 5.82 Å². The van der Waals surface area contributed by atoms with E-state index >= 15 is 0 Å². The second kappa shape index (κ2) is 9.88. The summed E-state index contributed by atoms with van der Waals surface area (Å²) in [5, 5.41) is 2.86. The first-order valence-corrected chi connectivity index (χ1v) is 12.6. The Kier molecular flexibility index (Phi) is 6.94. The fourth-order valence-electron chi connectivity index (χ4n) is 4.43. The maximum absolute atomic E-state index is 12.9. The highest BCUT2D eigenvalue weighted by molar-refractivity contribution is 7.89. The van der Waals surface area contributed by atoms with E-state index in [0.717, 1.165) is 25.2 Å². The van der Waals surface area contributed by atoms with E-state index < -0.39 is 15.9 Å². The van der Waals surface area contributed by atoms with Crippen LogP contribution in [0.5, 0.6) is 0 Å². The Labute approximate surface area is 194 Å². The first-order valence-electron chi connectivity index (χ1n) is 11.2. The fraction of sp³-hybridized carbons (Fsp3) is 0.435. The molecule has 10 heteroatoms. The van der Waals surface area contributed by atoms with Crippen LogP contribution in [0.1, 0.15) is 25.7 Å². The van der Waals surface area contributed by atoms with E-state index in [1.54, 1.807) is 42.6 Å². The molecule has 176 valence electrons. The number of rotatable bonds is 6. The van der Waals surface area contributed by atoms with Gasteiger partial charge in [-0.2, -0.15) is 4.31 Å². The molecule has 2 saturated heterocycles. The van der Waals surface area contributed by atoms with Crippen LogP contribution in [-0.4, -0.2) is 55.7 Å². The van der Waals surface area contributed by atoms with Crippen LogP contribution in [0.3, 0.4) is 0 Å². The topological polar surface area (TPSA) is 126 Å². The number of carbonyl (C=O) groups excluding carboxylic acids is 2. The molecular weight excluding hydrogens is 442 g/mol. The highest BCUT2D eigenvalue weighted by Crippen LogP contribution is 2.26. The lowest BCUT2D eigenvalue weighted by Crippen LogP contribution is -2.43. The first kappa shape index (κ1) is 23.2. The minimum Gasteiger partial charge on any atom is -0.369 e. The summed E-state index contributed by atoms with van der Waals surface area (Å²) < 4.78 is 27.2. The molecule has 3 N–H and O–H groups in total. The van der Waals surface area contributed by atoms with Crippen molar-refractivity contribution in [2.45, 2.75) is 30.6 Å². The number of primary amides is 1. The molecule has 1 aromatic heterocycles. The number of hydrogen-bond donors (Lipinski definition) is 2. The molecule has 0 spiro atoms. The van der Waals surface area contributed by atoms with Crippen molar-refractivity contribution in [1.82, 2.24) is 9.29 Å². The molecule has 33 heavy (non-hydrogen) atoms. The normalized spacial score (nSPS) is 22.0. The number of nitrogens with one attached hydrogen (secondary N) is 1. The molecule has 0 saturated carbocycles. The Morgan fingerprint density at radius 2 is 1.70 bits per heavy atom. The standard InChI is InChI=1S/C23H29N5O4S/c24-22(29)17-6-4-12-27(15-17)21-11-10-19(14-25-21)26-23(30)18-7-5-13-28(16-18)33(31,32)20-8-2-1-3-9-20/h1-3,8-11,14,17-18H,4-7,12-13,15-16H2,(H2,24,29)(H,26,30). The minimum atomic E-state index is -3.63. The van der Waals surface area contributed by atoms with E-state index in [4.69, 9.17) is 5.73 Å². The zero-order valence-electron chi connectivity index (χ0n) is 18.4. The van der Waals surface area contributed by atoms with E-state index in [1.807, 2.05) is 11.0 Å². The summed E-state index contributed by atoms with van der Waals surface area (Å²) in [5.74, 6) is -0.392. The van der Waals surface area contributed by atoms with Crippen LogP contribution in [0.2, 0.25) is 0 Å². The minimum absolute atomic E-state index is 0.150. The summed E-state index contributed by atoms with van der Waals surface area (Å²) in [6, 6.07) is 11.9. The monoisotopic (exact) mass is 471 g/mol. The zero-order valence-corrected chi connectivity index (χ0v) is 19.2. The summed E-state index contributed by atoms with van der Waals surface area (Å²) in [6.07, 6.45) is 4.50. The van der Waals surface area contributed by atoms with Crippen molar-refractivity contribution in [3.05, 3.63) is 48.7 Å². The van der Waals surface area contributed by atoms with Crippen LogP contribution in [-0.2, 0) is 19.6 Å². The van der Waals surface area contributed by atoms with Crippen LogP contribution in [0.25, 0.3) is 0 Å². The second-order valence-corrected chi connectivity index (χ2v) is 10.5. The molecule has 2 aromatic rings. The van der Waals surface area contributed by atoms with Gasteiger partial charge in [-0.1, -0.05) is 18.2 Å². The summed E-state index contributed by atoms with van der Waals surface area (Å²) >= 11 is 0. The smallest absolute Gasteiger partial charge is 0.243 e. The number of piperidine rings is 2. The van der Waals surface area contributed by atoms with Gasteiger partial charge in [0, 0.05) is 26.2 Å². The number of hydrogen-bond acceptors (Lipinski definition) is 6. The highest BCUT2D eigenvalue weighted by atomic mass is 32.2. The molecule has 0 aliphatic carbocycles. The van der Waals surface area contributed by atoms with Gasteiger partial charge in [-0.15, -0.1) is 0 Å². The second-order valence-electron chi connectivity index (χ2n) is 8.60. The lowest BCUT2D eigenvalue weighted by molar-refractivity contribution is -0.122. The van der Waals surface area contributed by atoms with Crippen molar-refractivity contribution in [2.75, 3.05) is 36.4 Å². The van der Waals surface area contributed by atoms with E-state index in [1.165, 1.54) is 4.31 Å². The number of anilines is 2. The predicted octanol–water partition coefficient (Wildman–Crippen LogP) is 1.82. The SMILES string of the molecule is NC(=O)C1CCCN(c2ccc(NC(=O)C3CCCN(S(=O)(=O)c4ccccc4)C3)cn2)C1. The number of aromatic nitrogens is 1. The van der Waals surface area contributed by atoms with Gasteiger partial charge in [-0.05, 0) is 49.9 Å². The molecule has 2 amide bonds. The van der Waals surface area contributed by atoms with Crippen LogP contribution in [0.4, 0.5) is 11.5 Å². The lowest BCUT2D eigenvalue weighted by atomic mass is 9.97. The molecular formula is C23H29N5O4S. The third-order valence-electron chi connectivity index (χ3n) is 6.30. The zero-order chi connectivity index (χ0) is 23.4. The predicted molar refractivity (Wildman–Crippen MR) is 125 cm³/mol. The number of pyridine rings is 1. The van der Waals surface area contributed by atoms with Gasteiger partial charge >= 0.3 is 0 Å². The van der Waals surface area contributed by atoms with E-state index in [0.29, 0.717) is 31.6 Å². The van der Waals surface area contributed by atoms with Crippen LogP contribution in [0.15, 0.2) is 53.6 Å². The Morgan fingerprint density at radius 3 is 2.39 bits per heavy atom. The van der Waals surface area contributed by atoms with Crippen LogP contribution >= 0.6 is 0 Å². The Morgan fingerprint density at radius 1 is 0.970 bits per heavy atom. The Balaban J connectivity index is 1.37. The average molecular weight is 472 g/mol. The highest BCUT2D eigenvalue weighted by Gasteiger charge is 2.33. The molecule has 9 nitrogen and oxygen atoms in total. The maximum atomic E-state index is 12.9. The summed E-state index contributed by atoms with van der Waals surface area (Å²) in [5.41, 5.74) is 6.00. The number of nitrogens with two attached hydrogens (primary N) is 1. The lowest BCUT2D eigenvalue weighted by Gasteiger charge is -2.32. The third-order valence-corrected chi connectivity index (χ3v) is 8.18. The van der Waals surface area contributed by atoms with E-state index in [2.05, 4.69) is 10.3 Å². The summed E-state index contributed by atoms with van der Waals surface area (Å²) in [7, 11) is -3.63. The number of sulfonamides is 1. The summed E-state index contributed by atoms with van der Waals surface area (Å²) in [4.78, 5) is 31.1. The van der Waals surface area contributed by atoms with Crippen LogP contribution < -0.4 is 16.0 Å². The van der Waals surface area contributed by atoms with Gasteiger partial charge in [0.05, 0.1) is 28.6 Å². The van der Waals surface area contributed by atoms with Crippen molar-refractivity contribution in [1.29, 1.82) is 0 Å². The van der Waals surface area contributed by atoms with Gasteiger partial charge in [-0.3, -0.25) is 9.59 Å². The van der Waals surface area contributed by atoms with Gasteiger partial charge in [0.25, 0.3) is 0 Å². The molecule has 0 bridgehead atoms. The molecule has 3 heterocycles. The van der Waals surface area contributed by atoms with Crippen molar-refractivity contribution in [2.24, 2.45) is 17.6 Å². The average Bonchev–Trinajstić information content (AvgIpc) is 2.85. The van der Waals surface area contributed by atoms with Crippen molar-refractivity contribution < 1.29 is 18.0 Å². The largest absolute Gasteiger partial charge is 0.369 e. The molecule has 0 radical (unpaired) electrons. The molecule has 2 atom stereocenters. The van der Waals surface area contributed by atoms with Crippen molar-refractivity contribution in [3.63, 3.8) is 0 Å². The van der Waals surface area contributed by atoms with Gasteiger partial charge < -0.3 is 16.0 Å². The van der Waals surface area contributed by atoms with Crippen LogP contribution in [0, 0.1) is 11.8 Å². The van der Waals surface area contributed by atoms with Gasteiger partial charge in [-0.25, -0.2) is 13.4 Å². The number of carbonyl (C=O) groups is 2. The molecule has 1 aromatic carbocycles. The van der Waals surface area contributed by atoms with E-state index in [-0.39, 0.29) is 29.2 Å². The maximum Gasteiger partial charge on any atom is 0.243 e. The van der Waals surface area contributed by atoms with Crippen molar-refractivity contribution in [3.8, 4) is 0 Å². The molecule has 2 aliphatic heterocycles. The molecule has 2 unspecified atom stereocenters. The third kappa shape index (κ3) is 5.33.